The monoisotopic (exact) mass is 916 g/mol. The van der Waals surface area contributed by atoms with Crippen molar-refractivity contribution in [1.29, 1.82) is 0 Å². The Morgan fingerprint density at radius 1 is 0.254 bits per heavy atom. The van der Waals surface area contributed by atoms with Crippen LogP contribution in [-0.2, 0) is 0 Å². The summed E-state index contributed by atoms with van der Waals surface area (Å²) < 4.78 is 15.8. The first-order valence-electron chi connectivity index (χ1n) is 22.9. The van der Waals surface area contributed by atoms with E-state index in [0.717, 1.165) is 55.0 Å². The van der Waals surface area contributed by atoms with Gasteiger partial charge >= 0.3 is 356 Å². The van der Waals surface area contributed by atoms with E-state index in [1.54, 1.807) is 0 Å². The fourth-order valence-electron chi connectivity index (χ4n) is 11.5. The van der Waals surface area contributed by atoms with Crippen molar-refractivity contribution in [3.8, 4) is 44.5 Å². The van der Waals surface area contributed by atoms with Crippen LogP contribution in [0.3, 0.4) is 0 Å². The summed E-state index contributed by atoms with van der Waals surface area (Å²) in [5.41, 5.74) is 13.6. The van der Waals surface area contributed by atoms with E-state index in [-0.39, 0.29) is 14.5 Å². The van der Waals surface area contributed by atoms with Crippen LogP contribution < -0.4 is 0 Å². The van der Waals surface area contributed by atoms with Crippen molar-refractivity contribution in [2.24, 2.45) is 0 Å². The molecule has 0 aliphatic carbocycles. The van der Waals surface area contributed by atoms with E-state index in [1.165, 1.54) is 95.8 Å². The number of fused-ring (bicyclic) bond motifs is 13. The number of benzene rings is 12. The van der Waals surface area contributed by atoms with Crippen LogP contribution in [0, 0.1) is 0 Å². The van der Waals surface area contributed by atoms with E-state index in [2.05, 4.69) is 206 Å². The third-order valence-electron chi connectivity index (χ3n) is 14.3. The topological polar surface area (TPSA) is 26.3 Å². The Bertz CT molecular complexity index is 4470. The molecule has 0 N–H and O–H groups in total. The van der Waals surface area contributed by atoms with Gasteiger partial charge in [0.25, 0.3) is 0 Å². The normalized spacial score (nSPS) is 12.2. The zero-order valence-electron chi connectivity index (χ0n) is 36.0. The van der Waals surface area contributed by atoms with E-state index >= 15 is 0 Å². The van der Waals surface area contributed by atoms with Crippen molar-refractivity contribution < 1.29 is 8.83 Å². The van der Waals surface area contributed by atoms with Crippen LogP contribution in [0.15, 0.2) is 227 Å². The Labute approximate surface area is 390 Å². The zero-order chi connectivity index (χ0) is 43.7. The molecule has 0 aliphatic rings. The fraction of sp³-hybridized carbons (Fsp3) is 0. The van der Waals surface area contributed by atoms with Crippen LogP contribution in [0.2, 0.25) is 0 Å². The number of hydrogen-bond acceptors (Lipinski definition) is 2. The molecule has 310 valence electrons. The second-order valence-electron chi connectivity index (χ2n) is 17.8. The van der Waals surface area contributed by atoms with Crippen LogP contribution in [0.4, 0.5) is 0 Å². The average Bonchev–Trinajstić information content (AvgIpc) is 4.08. The van der Waals surface area contributed by atoms with E-state index in [4.69, 9.17) is 8.83 Å². The minimum absolute atomic E-state index is 0.0675. The molecule has 0 fully saturated rings. The Morgan fingerprint density at radius 2 is 0.612 bits per heavy atom. The molecule has 15 aromatic rings. The first-order valence-corrected chi connectivity index (χ1v) is 24.6. The molecule has 3 heteroatoms. The van der Waals surface area contributed by atoms with E-state index < -0.39 is 0 Å². The van der Waals surface area contributed by atoms with Gasteiger partial charge in [-0.2, -0.15) is 0 Å². The van der Waals surface area contributed by atoms with Crippen molar-refractivity contribution >= 4 is 121 Å². The molecule has 0 atom stereocenters. The van der Waals surface area contributed by atoms with Gasteiger partial charge in [0, 0.05) is 0 Å². The summed E-state index contributed by atoms with van der Waals surface area (Å²) in [5, 5.41) is 17.2. The van der Waals surface area contributed by atoms with Gasteiger partial charge in [-0.3, -0.25) is 0 Å². The van der Waals surface area contributed by atoms with Gasteiger partial charge in [0.1, 0.15) is 0 Å². The standard InChI is InChI=1S/C64H36O2Se/c1-5-21-47-43(17-1)59(37-31-33-41-39-15-9-11-28-54(39)65-56(41)35-37)44-18-2-6-22-48(44)61(47)51-25-14-30-58-63(51)53-27-13-26-52(64(53)67-58)62-49-23-7-3-19-45(49)60(46-20-4-8-24-50(46)62)38-32-34-42-40-16-10-12-29-55(40)66-57(42)36-38/h1-36H. The Kier molecular flexibility index (Phi) is 7.83. The summed E-state index contributed by atoms with van der Waals surface area (Å²) >= 11 is 0.0675. The molecule has 0 radical (unpaired) electrons. The molecule has 0 aliphatic heterocycles. The minimum atomic E-state index is 0.0675. The van der Waals surface area contributed by atoms with Crippen molar-refractivity contribution in [1.82, 2.24) is 0 Å². The predicted molar refractivity (Wildman–Crippen MR) is 285 cm³/mol. The third kappa shape index (κ3) is 5.33. The number of hydrogen-bond donors (Lipinski definition) is 0. The summed E-state index contributed by atoms with van der Waals surface area (Å²) in [4.78, 5) is 0. The fourth-order valence-corrected chi connectivity index (χ4v) is 14.1. The summed E-state index contributed by atoms with van der Waals surface area (Å²) in [5.74, 6) is 0. The van der Waals surface area contributed by atoms with Crippen LogP contribution in [-0.4, -0.2) is 14.5 Å². The van der Waals surface area contributed by atoms with Crippen LogP contribution >= 0.6 is 0 Å². The number of rotatable bonds is 4. The van der Waals surface area contributed by atoms with E-state index in [9.17, 15) is 0 Å². The molecule has 12 aromatic carbocycles. The van der Waals surface area contributed by atoms with E-state index in [0.29, 0.717) is 0 Å². The second kappa shape index (κ2) is 14.1. The summed E-state index contributed by atoms with van der Waals surface area (Å²) in [6.45, 7) is 0. The van der Waals surface area contributed by atoms with Gasteiger partial charge in [-0.15, -0.1) is 0 Å². The molecule has 0 saturated carbocycles. The maximum atomic E-state index is 6.45. The molecule has 2 nitrogen and oxygen atoms in total. The van der Waals surface area contributed by atoms with Crippen LogP contribution in [0.5, 0.6) is 0 Å². The van der Waals surface area contributed by atoms with Crippen molar-refractivity contribution in [3.63, 3.8) is 0 Å². The van der Waals surface area contributed by atoms with Crippen molar-refractivity contribution in [2.75, 3.05) is 0 Å². The van der Waals surface area contributed by atoms with Crippen molar-refractivity contribution in [3.05, 3.63) is 218 Å². The summed E-state index contributed by atoms with van der Waals surface area (Å²) in [7, 11) is 0. The molecular weight excluding hydrogens is 880 g/mol. The molecule has 0 amide bonds. The molecule has 67 heavy (non-hydrogen) atoms. The summed E-state index contributed by atoms with van der Waals surface area (Å²) in [6, 6.07) is 80.2. The molecule has 0 unspecified atom stereocenters. The van der Waals surface area contributed by atoms with Gasteiger partial charge in [-0.05, 0) is 6.07 Å². The van der Waals surface area contributed by atoms with Gasteiger partial charge in [-0.1, -0.05) is 30.3 Å². The molecular formula is C64H36O2Se. The predicted octanol–water partition coefficient (Wildman–Crippen LogP) is 18.1. The maximum absolute atomic E-state index is 6.45. The van der Waals surface area contributed by atoms with Gasteiger partial charge in [0.2, 0.25) is 0 Å². The SMILES string of the molecule is c1ccc2c(c1)oc1cc(-c3c4ccccc4c(-c4cccc5c4[se]c4cccc(-c6c7ccccc7c(-c7ccc8c(c7)oc7ccccc78)c7ccccc67)c45)c4ccccc34)ccc12. The molecule has 3 heterocycles. The molecule has 0 saturated heterocycles. The average molecular weight is 916 g/mol. The first-order chi connectivity index (χ1) is 33.2. The van der Waals surface area contributed by atoms with Gasteiger partial charge in [-0.25, -0.2) is 0 Å². The van der Waals surface area contributed by atoms with Gasteiger partial charge in [0.05, 0.1) is 0 Å². The molecule has 0 bridgehead atoms. The van der Waals surface area contributed by atoms with Crippen molar-refractivity contribution in [2.45, 2.75) is 0 Å². The number of furan rings is 2. The quantitative estimate of drug-likeness (QED) is 0.130. The van der Waals surface area contributed by atoms with Gasteiger partial charge in [0.15, 0.2) is 0 Å². The molecule has 3 aromatic heterocycles. The second-order valence-corrected chi connectivity index (χ2v) is 20.0. The van der Waals surface area contributed by atoms with E-state index in [1.807, 2.05) is 12.1 Å². The van der Waals surface area contributed by atoms with Crippen LogP contribution in [0.1, 0.15) is 0 Å². The van der Waals surface area contributed by atoms with Crippen LogP contribution in [0.25, 0.3) is 151 Å². The third-order valence-corrected chi connectivity index (χ3v) is 16.8. The summed E-state index contributed by atoms with van der Waals surface area (Å²) in [6.07, 6.45) is 0. The first kappa shape index (κ1) is 37.1. The Balaban J connectivity index is 0.969. The zero-order valence-corrected chi connectivity index (χ0v) is 37.7. The Hall–Kier alpha value is -8.20. The van der Waals surface area contributed by atoms with Gasteiger partial charge < -0.3 is 0 Å². The molecule has 0 spiro atoms. The Morgan fingerprint density at radius 3 is 1.09 bits per heavy atom. The number of para-hydroxylation sites is 2. The molecule has 15 rings (SSSR count).